The van der Waals surface area contributed by atoms with Crippen LogP contribution >= 0.6 is 15.9 Å². The highest BCUT2D eigenvalue weighted by Crippen LogP contribution is 2.29. The Morgan fingerprint density at radius 3 is 2.76 bits per heavy atom. The quantitative estimate of drug-likeness (QED) is 0.759. The molecule has 0 fully saturated rings. The van der Waals surface area contributed by atoms with Gasteiger partial charge in [0, 0.05) is 12.5 Å². The normalized spacial score (nSPS) is 11.8. The van der Waals surface area contributed by atoms with Crippen LogP contribution in [0.3, 0.4) is 0 Å². The van der Waals surface area contributed by atoms with Crippen LogP contribution in [0.2, 0.25) is 0 Å². The van der Waals surface area contributed by atoms with Crippen molar-refractivity contribution in [3.8, 4) is 0 Å². The summed E-state index contributed by atoms with van der Waals surface area (Å²) in [5.74, 6) is 0.112. The van der Waals surface area contributed by atoms with Crippen LogP contribution in [0, 0.1) is 5.41 Å². The van der Waals surface area contributed by atoms with Gasteiger partial charge in [0.1, 0.15) is 5.69 Å². The van der Waals surface area contributed by atoms with E-state index in [9.17, 15) is 4.79 Å². The molecule has 4 nitrogen and oxygen atoms in total. The summed E-state index contributed by atoms with van der Waals surface area (Å²) < 4.78 is 7.47. The van der Waals surface area contributed by atoms with Gasteiger partial charge >= 0.3 is 0 Å². The zero-order valence-corrected chi connectivity index (χ0v) is 12.4. The summed E-state index contributed by atoms with van der Waals surface area (Å²) in [6.07, 6.45) is 2.46. The molecule has 1 rings (SSSR count). The number of ether oxygens (including phenoxy) is 1. The first kappa shape index (κ1) is 14.4. The highest BCUT2D eigenvalue weighted by atomic mass is 79.9. The second kappa shape index (κ2) is 5.78. The van der Waals surface area contributed by atoms with Gasteiger partial charge in [-0.15, -0.1) is 0 Å². The number of ketones is 1. The predicted molar refractivity (Wildman–Crippen MR) is 70.2 cm³/mol. The monoisotopic (exact) mass is 302 g/mol. The molecule has 96 valence electrons. The minimum absolute atomic E-state index is 0.112. The van der Waals surface area contributed by atoms with Crippen molar-refractivity contribution < 1.29 is 9.53 Å². The summed E-state index contributed by atoms with van der Waals surface area (Å²) in [5, 5.41) is 4.19. The van der Waals surface area contributed by atoms with Crippen LogP contribution in [-0.4, -0.2) is 29.3 Å². The maximum Gasteiger partial charge on any atom is 0.187 e. The summed E-state index contributed by atoms with van der Waals surface area (Å²) in [4.78, 5) is 12.4. The van der Waals surface area contributed by atoms with Gasteiger partial charge < -0.3 is 4.74 Å². The van der Waals surface area contributed by atoms with Crippen molar-refractivity contribution in [2.24, 2.45) is 5.41 Å². The van der Waals surface area contributed by atoms with Crippen LogP contribution in [0.15, 0.2) is 10.7 Å². The Morgan fingerprint density at radius 1 is 1.59 bits per heavy atom. The van der Waals surface area contributed by atoms with Crippen LogP contribution in [0.1, 0.15) is 37.7 Å². The SMILES string of the molecule is CCC(C)(C)C(=O)c1c(Br)cnn1CCOC. The Hall–Kier alpha value is -0.680. The zero-order chi connectivity index (χ0) is 13.1. The third-order valence-corrected chi connectivity index (χ3v) is 3.60. The van der Waals surface area contributed by atoms with Gasteiger partial charge in [-0.25, -0.2) is 0 Å². The third-order valence-electron chi connectivity index (χ3n) is 3.02. The molecule has 1 heterocycles. The Labute approximate surface area is 110 Å². The lowest BCUT2D eigenvalue weighted by Gasteiger charge is -2.21. The lowest BCUT2D eigenvalue weighted by atomic mass is 9.84. The maximum atomic E-state index is 12.4. The van der Waals surface area contributed by atoms with E-state index in [2.05, 4.69) is 21.0 Å². The first-order chi connectivity index (χ1) is 7.94. The second-order valence-electron chi connectivity index (χ2n) is 4.62. The van der Waals surface area contributed by atoms with Crippen LogP contribution in [0.25, 0.3) is 0 Å². The lowest BCUT2D eigenvalue weighted by molar-refractivity contribution is 0.0816. The number of hydrogen-bond donors (Lipinski definition) is 0. The van der Waals surface area contributed by atoms with Gasteiger partial charge in [-0.05, 0) is 22.4 Å². The van der Waals surface area contributed by atoms with Gasteiger partial charge in [0.05, 0.1) is 23.8 Å². The fourth-order valence-corrected chi connectivity index (χ4v) is 1.89. The van der Waals surface area contributed by atoms with E-state index in [1.807, 2.05) is 20.8 Å². The maximum absolute atomic E-state index is 12.4. The van der Waals surface area contributed by atoms with Crippen molar-refractivity contribution in [1.29, 1.82) is 0 Å². The summed E-state index contributed by atoms with van der Waals surface area (Å²) in [6, 6.07) is 0. The predicted octanol–water partition coefficient (Wildman–Crippen LogP) is 2.91. The smallest absolute Gasteiger partial charge is 0.187 e. The van der Waals surface area contributed by atoms with Crippen molar-refractivity contribution in [1.82, 2.24) is 9.78 Å². The Morgan fingerprint density at radius 2 is 2.24 bits per heavy atom. The topological polar surface area (TPSA) is 44.1 Å². The number of carbonyl (C=O) groups is 1. The molecule has 0 saturated carbocycles. The minimum atomic E-state index is -0.368. The Balaban J connectivity index is 3.03. The number of hydrogen-bond acceptors (Lipinski definition) is 3. The van der Waals surface area contributed by atoms with Gasteiger partial charge in [-0.3, -0.25) is 9.48 Å². The molecule has 0 aromatic carbocycles. The molecule has 1 aromatic heterocycles. The average Bonchev–Trinajstić information content (AvgIpc) is 2.66. The van der Waals surface area contributed by atoms with E-state index in [0.29, 0.717) is 18.8 Å². The summed E-state index contributed by atoms with van der Waals surface area (Å²) >= 11 is 3.39. The molecule has 5 heteroatoms. The molecule has 1 aromatic rings. The van der Waals surface area contributed by atoms with Crippen LogP contribution in [0.4, 0.5) is 0 Å². The first-order valence-electron chi connectivity index (χ1n) is 5.69. The number of rotatable bonds is 6. The molecular formula is C12H19BrN2O2. The van der Waals surface area contributed by atoms with E-state index in [0.717, 1.165) is 10.9 Å². The van der Waals surface area contributed by atoms with Gasteiger partial charge in [0.25, 0.3) is 0 Å². The minimum Gasteiger partial charge on any atom is -0.383 e. The van der Waals surface area contributed by atoms with E-state index < -0.39 is 0 Å². The van der Waals surface area contributed by atoms with E-state index in [-0.39, 0.29) is 11.2 Å². The molecular weight excluding hydrogens is 284 g/mol. The molecule has 0 bridgehead atoms. The van der Waals surface area contributed by atoms with E-state index in [1.165, 1.54) is 0 Å². The molecule has 0 aliphatic rings. The zero-order valence-electron chi connectivity index (χ0n) is 10.8. The van der Waals surface area contributed by atoms with Gasteiger partial charge in [-0.1, -0.05) is 20.8 Å². The molecule has 0 radical (unpaired) electrons. The fraction of sp³-hybridized carbons (Fsp3) is 0.667. The number of aromatic nitrogens is 2. The van der Waals surface area contributed by atoms with E-state index in [4.69, 9.17) is 4.74 Å². The van der Waals surface area contributed by atoms with Gasteiger partial charge in [-0.2, -0.15) is 5.10 Å². The average molecular weight is 303 g/mol. The van der Waals surface area contributed by atoms with Crippen molar-refractivity contribution in [2.75, 3.05) is 13.7 Å². The number of nitrogens with zero attached hydrogens (tertiary/aromatic N) is 2. The van der Waals surface area contributed by atoms with Crippen LogP contribution < -0.4 is 0 Å². The lowest BCUT2D eigenvalue weighted by Crippen LogP contribution is -2.27. The number of carbonyl (C=O) groups excluding carboxylic acids is 1. The van der Waals surface area contributed by atoms with E-state index in [1.54, 1.807) is 18.0 Å². The van der Waals surface area contributed by atoms with E-state index >= 15 is 0 Å². The molecule has 0 amide bonds. The Bertz CT molecular complexity index is 399. The first-order valence-corrected chi connectivity index (χ1v) is 6.48. The summed E-state index contributed by atoms with van der Waals surface area (Å²) in [5.41, 5.74) is 0.266. The van der Waals surface area contributed by atoms with Gasteiger partial charge in [0.2, 0.25) is 0 Å². The van der Waals surface area contributed by atoms with Crippen LogP contribution in [-0.2, 0) is 11.3 Å². The largest absolute Gasteiger partial charge is 0.383 e. The van der Waals surface area contributed by atoms with Crippen molar-refractivity contribution in [3.05, 3.63) is 16.4 Å². The number of Topliss-reactive ketones (excluding diaryl/α,β-unsaturated/α-hetero) is 1. The summed E-state index contributed by atoms with van der Waals surface area (Å²) in [7, 11) is 1.63. The molecule has 0 saturated heterocycles. The molecule has 17 heavy (non-hydrogen) atoms. The fourth-order valence-electron chi connectivity index (χ4n) is 1.42. The van der Waals surface area contributed by atoms with Crippen molar-refractivity contribution >= 4 is 21.7 Å². The number of methoxy groups -OCH3 is 1. The highest BCUT2D eigenvalue weighted by molar-refractivity contribution is 9.10. The molecule has 0 unspecified atom stereocenters. The standard InChI is InChI=1S/C12H19BrN2O2/c1-5-12(2,3)11(16)10-9(13)8-14-15(10)6-7-17-4/h8H,5-7H2,1-4H3. The molecule has 0 N–H and O–H groups in total. The summed E-state index contributed by atoms with van der Waals surface area (Å²) in [6.45, 7) is 7.05. The van der Waals surface area contributed by atoms with Gasteiger partial charge in [0.15, 0.2) is 5.78 Å². The van der Waals surface area contributed by atoms with Crippen molar-refractivity contribution in [2.45, 2.75) is 33.7 Å². The molecule has 0 atom stereocenters. The molecule has 0 spiro atoms. The molecule has 0 aliphatic heterocycles. The third kappa shape index (κ3) is 3.16. The van der Waals surface area contributed by atoms with Crippen molar-refractivity contribution in [3.63, 3.8) is 0 Å². The molecule has 0 aliphatic carbocycles. The highest BCUT2D eigenvalue weighted by Gasteiger charge is 2.30. The number of halogens is 1. The van der Waals surface area contributed by atoms with Crippen LogP contribution in [0.5, 0.6) is 0 Å². The second-order valence-corrected chi connectivity index (χ2v) is 5.48. The Kier molecular flexibility index (Phi) is 4.89.